The summed E-state index contributed by atoms with van der Waals surface area (Å²) in [6.07, 6.45) is -0.115. The van der Waals surface area contributed by atoms with Crippen LogP contribution >= 0.6 is 45.8 Å². The molecule has 54 heavy (non-hydrogen) atoms. The van der Waals surface area contributed by atoms with Crippen molar-refractivity contribution in [3.63, 3.8) is 0 Å². The SMILES string of the molecule is Cc1nc(Cl)c(-c2cccc(OC(F)(F)F)c2)c(NC2CCCC2)n1.Cc1nc(Cl)c(I)c(NC2CCCC2)n1.OB(O)c1cccc(OC(F)(F)F)c1. The average Bonchev–Trinajstić information content (AvgIpc) is 3.77. The summed E-state index contributed by atoms with van der Waals surface area (Å²) in [5, 5.41) is 24.9. The maximum atomic E-state index is 12.5. The van der Waals surface area contributed by atoms with Crippen LogP contribution in [0.2, 0.25) is 10.3 Å². The van der Waals surface area contributed by atoms with Crippen molar-refractivity contribution in [2.75, 3.05) is 10.6 Å². The number of benzene rings is 2. The number of anilines is 2. The minimum absolute atomic E-state index is 0.0632. The Balaban J connectivity index is 0.000000193. The lowest BCUT2D eigenvalue weighted by atomic mass is 9.80. The minimum atomic E-state index is -4.78. The number of rotatable bonds is 8. The van der Waals surface area contributed by atoms with Crippen LogP contribution in [-0.2, 0) is 0 Å². The van der Waals surface area contributed by atoms with Crippen molar-refractivity contribution in [3.05, 3.63) is 74.1 Å². The average molecular weight is 915 g/mol. The predicted molar refractivity (Wildman–Crippen MR) is 203 cm³/mol. The Bertz CT molecular complexity index is 1850. The molecule has 0 amide bonds. The van der Waals surface area contributed by atoms with E-state index >= 15 is 0 Å². The van der Waals surface area contributed by atoms with E-state index in [9.17, 15) is 26.3 Å². The van der Waals surface area contributed by atoms with E-state index in [2.05, 4.69) is 62.6 Å². The van der Waals surface area contributed by atoms with Crippen LogP contribution in [0.15, 0.2) is 48.5 Å². The number of hydrogen-bond acceptors (Lipinski definition) is 10. The van der Waals surface area contributed by atoms with Crippen molar-refractivity contribution < 1.29 is 45.9 Å². The van der Waals surface area contributed by atoms with E-state index in [0.717, 1.165) is 53.0 Å². The summed E-state index contributed by atoms with van der Waals surface area (Å²) in [7, 11) is -1.81. The van der Waals surface area contributed by atoms with Crippen molar-refractivity contribution in [2.24, 2.45) is 0 Å². The number of nitrogens with zero attached hydrogens (tertiary/aromatic N) is 4. The monoisotopic (exact) mass is 914 g/mol. The third-order valence-electron chi connectivity index (χ3n) is 8.04. The lowest BCUT2D eigenvalue weighted by Crippen LogP contribution is -2.30. The highest BCUT2D eigenvalue weighted by atomic mass is 127. The Morgan fingerprint density at radius 2 is 1.17 bits per heavy atom. The van der Waals surface area contributed by atoms with Gasteiger partial charge in [-0.2, -0.15) is 0 Å². The fourth-order valence-corrected chi connectivity index (χ4v) is 6.70. The number of hydrogen-bond donors (Lipinski definition) is 4. The van der Waals surface area contributed by atoms with E-state index in [1.54, 1.807) is 13.0 Å². The van der Waals surface area contributed by atoms with Gasteiger partial charge < -0.3 is 30.2 Å². The summed E-state index contributed by atoms with van der Waals surface area (Å²) in [4.78, 5) is 17.0. The standard InChI is InChI=1S/C17H17ClF3N3O.C10H13ClIN3.C7H6BF3O3/c1-10-22-15(18)14(16(23-10)24-12-6-2-3-7-12)11-5-4-8-13(9-11)25-17(19,20)21;1-6-13-9(11)8(12)10(14-6)15-7-4-2-3-5-7;9-7(10,11)14-6-3-1-2-5(4-6)8(12)13/h4-5,8-9,12H,2-3,6-7H2,1H3,(H,22,23,24);7H,2-5H2,1H3,(H,13,14,15);1-4,12-13H. The molecule has 0 bridgehead atoms. The normalized spacial score (nSPS) is 14.8. The molecule has 2 saturated carbocycles. The van der Waals surface area contributed by atoms with E-state index in [4.69, 9.17) is 33.2 Å². The molecular formula is C34H36BCl2F6IN6O4. The van der Waals surface area contributed by atoms with Gasteiger partial charge in [-0.15, -0.1) is 26.3 Å². The van der Waals surface area contributed by atoms with E-state index < -0.39 is 25.6 Å². The number of aromatic nitrogens is 4. The first kappa shape index (κ1) is 43.4. The van der Waals surface area contributed by atoms with Gasteiger partial charge in [0.05, 0.1) is 9.13 Å². The first-order valence-electron chi connectivity index (χ1n) is 16.7. The van der Waals surface area contributed by atoms with Gasteiger partial charge in [0.2, 0.25) is 0 Å². The highest BCUT2D eigenvalue weighted by Gasteiger charge is 2.32. The lowest BCUT2D eigenvalue weighted by molar-refractivity contribution is -0.275. The van der Waals surface area contributed by atoms with Crippen LogP contribution in [0.5, 0.6) is 11.5 Å². The Kier molecular flexibility index (Phi) is 15.7. The van der Waals surface area contributed by atoms with Gasteiger partial charge in [-0.3, -0.25) is 0 Å². The quantitative estimate of drug-likeness (QED) is 0.0588. The van der Waals surface area contributed by atoms with E-state index in [1.165, 1.54) is 56.0 Å². The largest absolute Gasteiger partial charge is 0.573 e. The van der Waals surface area contributed by atoms with Crippen molar-refractivity contribution >= 4 is 70.0 Å². The molecule has 2 aliphatic carbocycles. The Morgan fingerprint density at radius 3 is 1.69 bits per heavy atom. The number of nitrogens with one attached hydrogen (secondary N) is 2. The van der Waals surface area contributed by atoms with Crippen LogP contribution in [0.25, 0.3) is 11.1 Å². The topological polar surface area (TPSA) is 135 Å². The first-order valence-corrected chi connectivity index (χ1v) is 18.5. The number of halogens is 9. The highest BCUT2D eigenvalue weighted by molar-refractivity contribution is 14.1. The summed E-state index contributed by atoms with van der Waals surface area (Å²) < 4.78 is 81.1. The fraction of sp³-hybridized carbons (Fsp3) is 0.412. The molecule has 0 radical (unpaired) electrons. The van der Waals surface area contributed by atoms with Crippen LogP contribution in [-0.4, -0.2) is 61.9 Å². The summed E-state index contributed by atoms with van der Waals surface area (Å²) >= 11 is 14.5. The molecule has 292 valence electrons. The lowest BCUT2D eigenvalue weighted by Gasteiger charge is -2.18. The zero-order valence-electron chi connectivity index (χ0n) is 28.9. The van der Waals surface area contributed by atoms with Crippen molar-refractivity contribution in [2.45, 2.75) is 90.0 Å². The molecule has 0 aliphatic heterocycles. The molecular weight excluding hydrogens is 879 g/mol. The molecule has 6 rings (SSSR count). The molecule has 0 saturated heterocycles. The van der Waals surface area contributed by atoms with Gasteiger partial charge in [0.25, 0.3) is 0 Å². The number of ether oxygens (including phenoxy) is 2. The molecule has 4 N–H and O–H groups in total. The summed E-state index contributed by atoms with van der Waals surface area (Å²) in [6.45, 7) is 3.58. The minimum Gasteiger partial charge on any atom is -0.423 e. The molecule has 2 heterocycles. The van der Waals surface area contributed by atoms with Crippen LogP contribution in [0.1, 0.15) is 63.0 Å². The molecule has 10 nitrogen and oxygen atoms in total. The van der Waals surface area contributed by atoms with Crippen LogP contribution in [0.4, 0.5) is 38.0 Å². The van der Waals surface area contributed by atoms with E-state index in [-0.39, 0.29) is 22.4 Å². The third kappa shape index (κ3) is 14.1. The van der Waals surface area contributed by atoms with Crippen molar-refractivity contribution in [3.8, 4) is 22.6 Å². The molecule has 2 aliphatic rings. The molecule has 0 unspecified atom stereocenters. The molecule has 4 aromatic rings. The number of aryl methyl sites for hydroxylation is 2. The second-order valence-electron chi connectivity index (χ2n) is 12.3. The summed E-state index contributed by atoms with van der Waals surface area (Å²) in [6, 6.07) is 11.0. The highest BCUT2D eigenvalue weighted by Crippen LogP contribution is 2.37. The van der Waals surface area contributed by atoms with Gasteiger partial charge in [-0.05, 0) is 97.4 Å². The van der Waals surface area contributed by atoms with Crippen LogP contribution < -0.4 is 25.6 Å². The second-order valence-corrected chi connectivity index (χ2v) is 14.1. The number of alkyl halides is 6. The third-order valence-corrected chi connectivity index (χ3v) is 9.93. The van der Waals surface area contributed by atoms with E-state index in [0.29, 0.717) is 34.0 Å². The molecule has 2 fully saturated rings. The Hall–Kier alpha value is -3.33. The molecule has 0 atom stereocenters. The van der Waals surface area contributed by atoms with Gasteiger partial charge in [0.15, 0.2) is 0 Å². The summed E-state index contributed by atoms with van der Waals surface area (Å²) in [5.74, 6) is 1.85. The molecule has 2 aromatic carbocycles. The summed E-state index contributed by atoms with van der Waals surface area (Å²) in [5.41, 5.74) is 0.880. The Labute approximate surface area is 331 Å². The second kappa shape index (κ2) is 19.5. The first-order chi connectivity index (χ1) is 25.4. The zero-order chi connectivity index (χ0) is 39.6. The van der Waals surface area contributed by atoms with E-state index in [1.807, 2.05) is 6.92 Å². The van der Waals surface area contributed by atoms with Gasteiger partial charge in [0.1, 0.15) is 45.1 Å². The van der Waals surface area contributed by atoms with Gasteiger partial charge in [-0.25, -0.2) is 19.9 Å². The fourth-order valence-electron chi connectivity index (χ4n) is 5.77. The Morgan fingerprint density at radius 1 is 0.704 bits per heavy atom. The molecule has 2 aromatic heterocycles. The van der Waals surface area contributed by atoms with Crippen molar-refractivity contribution in [1.29, 1.82) is 0 Å². The van der Waals surface area contributed by atoms with Crippen LogP contribution in [0.3, 0.4) is 0 Å². The maximum absolute atomic E-state index is 12.5. The van der Waals surface area contributed by atoms with Gasteiger partial charge >= 0.3 is 19.8 Å². The van der Waals surface area contributed by atoms with Crippen molar-refractivity contribution in [1.82, 2.24) is 19.9 Å². The van der Waals surface area contributed by atoms with Crippen LogP contribution in [0, 0.1) is 17.4 Å². The van der Waals surface area contributed by atoms with Gasteiger partial charge in [0, 0.05) is 12.1 Å². The zero-order valence-corrected chi connectivity index (χ0v) is 32.6. The van der Waals surface area contributed by atoms with Gasteiger partial charge in [-0.1, -0.05) is 73.2 Å². The maximum Gasteiger partial charge on any atom is 0.573 e. The smallest absolute Gasteiger partial charge is 0.423 e. The molecule has 0 spiro atoms. The predicted octanol–water partition coefficient (Wildman–Crippen LogP) is 9.02. The molecule has 20 heteroatoms.